The quantitative estimate of drug-likeness (QED) is 0.809. The highest BCUT2D eigenvalue weighted by Crippen LogP contribution is 2.30. The number of ether oxygens (including phenoxy) is 1. The first kappa shape index (κ1) is 16.0. The van der Waals surface area contributed by atoms with Crippen LogP contribution in [-0.2, 0) is 0 Å². The molecule has 1 heterocycles. The minimum atomic E-state index is 0.285. The molecule has 1 atom stereocenters. The van der Waals surface area contributed by atoms with Crippen molar-refractivity contribution >= 4 is 0 Å². The van der Waals surface area contributed by atoms with Gasteiger partial charge in [-0.05, 0) is 36.4 Å². The van der Waals surface area contributed by atoms with Crippen molar-refractivity contribution in [1.29, 1.82) is 0 Å². The molecule has 0 aliphatic rings. The Morgan fingerprint density at radius 2 is 2.00 bits per heavy atom. The van der Waals surface area contributed by atoms with Crippen molar-refractivity contribution in [2.45, 2.75) is 53.5 Å². The Balaban J connectivity index is 2.83. The smallest absolute Gasteiger partial charge is 0.137 e. The van der Waals surface area contributed by atoms with Crippen molar-refractivity contribution < 1.29 is 4.74 Å². The van der Waals surface area contributed by atoms with Crippen molar-refractivity contribution in [2.24, 2.45) is 5.41 Å². The summed E-state index contributed by atoms with van der Waals surface area (Å²) in [6.45, 7) is 12.8. The molecule has 0 spiro atoms. The van der Waals surface area contributed by atoms with E-state index >= 15 is 0 Å². The maximum absolute atomic E-state index is 5.66. The molecule has 1 aromatic rings. The molecule has 0 fully saturated rings. The first-order chi connectivity index (χ1) is 8.96. The van der Waals surface area contributed by atoms with Gasteiger partial charge >= 0.3 is 0 Å². The van der Waals surface area contributed by atoms with Gasteiger partial charge in [-0.2, -0.15) is 0 Å². The van der Waals surface area contributed by atoms with E-state index in [1.54, 1.807) is 6.20 Å². The van der Waals surface area contributed by atoms with E-state index in [2.05, 4.69) is 51.0 Å². The van der Waals surface area contributed by atoms with Crippen LogP contribution >= 0.6 is 0 Å². The number of rotatable bonds is 7. The molecular formula is C16H28N2O. The Kier molecular flexibility index (Phi) is 6.29. The van der Waals surface area contributed by atoms with E-state index in [4.69, 9.17) is 4.74 Å². The van der Waals surface area contributed by atoms with Gasteiger partial charge in [-0.3, -0.25) is 4.98 Å². The predicted octanol–water partition coefficient (Wildman–Crippen LogP) is 3.96. The first-order valence-corrected chi connectivity index (χ1v) is 7.27. The second-order valence-electron chi connectivity index (χ2n) is 6.18. The molecule has 0 saturated heterocycles. The standard InChI is InChI=1S/C16H28N2O/c1-6-8-19-14-9-13(11-17-12-14)15(18-7-2)10-16(3,4)5/h9,11-12,15,18H,6-8,10H2,1-5H3. The molecule has 0 radical (unpaired) electrons. The zero-order chi connectivity index (χ0) is 14.3. The van der Waals surface area contributed by atoms with Crippen LogP contribution in [0.4, 0.5) is 0 Å². The SMILES string of the molecule is CCCOc1cncc(C(CC(C)(C)C)NCC)c1. The van der Waals surface area contributed by atoms with E-state index in [9.17, 15) is 0 Å². The molecule has 3 nitrogen and oxygen atoms in total. The van der Waals surface area contributed by atoms with Crippen LogP contribution in [0.1, 0.15) is 59.1 Å². The fourth-order valence-electron chi connectivity index (χ4n) is 2.09. The van der Waals surface area contributed by atoms with Gasteiger partial charge in [0.05, 0.1) is 12.8 Å². The molecule has 3 heteroatoms. The maximum Gasteiger partial charge on any atom is 0.137 e. The van der Waals surface area contributed by atoms with Crippen LogP contribution in [-0.4, -0.2) is 18.1 Å². The van der Waals surface area contributed by atoms with Gasteiger partial charge in [0, 0.05) is 12.2 Å². The molecular weight excluding hydrogens is 236 g/mol. The molecule has 0 aliphatic carbocycles. The zero-order valence-electron chi connectivity index (χ0n) is 13.0. The van der Waals surface area contributed by atoms with Crippen molar-refractivity contribution in [3.8, 4) is 5.75 Å². The fraction of sp³-hybridized carbons (Fsp3) is 0.688. The average molecular weight is 264 g/mol. The van der Waals surface area contributed by atoms with E-state index in [-0.39, 0.29) is 5.41 Å². The second kappa shape index (κ2) is 7.49. The molecule has 1 N–H and O–H groups in total. The van der Waals surface area contributed by atoms with Gasteiger partial charge < -0.3 is 10.1 Å². The molecule has 0 bridgehead atoms. The summed E-state index contributed by atoms with van der Waals surface area (Å²) >= 11 is 0. The number of aromatic nitrogens is 1. The normalized spacial score (nSPS) is 13.3. The number of nitrogens with zero attached hydrogens (tertiary/aromatic N) is 1. The van der Waals surface area contributed by atoms with Crippen LogP contribution < -0.4 is 10.1 Å². The van der Waals surface area contributed by atoms with Gasteiger partial charge in [-0.15, -0.1) is 0 Å². The minimum Gasteiger partial charge on any atom is -0.492 e. The highest BCUT2D eigenvalue weighted by Gasteiger charge is 2.20. The lowest BCUT2D eigenvalue weighted by molar-refractivity contribution is 0.305. The summed E-state index contributed by atoms with van der Waals surface area (Å²) in [6, 6.07) is 2.45. The molecule has 0 amide bonds. The lowest BCUT2D eigenvalue weighted by Gasteiger charge is -2.27. The van der Waals surface area contributed by atoms with Gasteiger partial charge in [0.15, 0.2) is 0 Å². The van der Waals surface area contributed by atoms with Crippen LogP contribution in [0.3, 0.4) is 0 Å². The van der Waals surface area contributed by atoms with Crippen LogP contribution in [0.15, 0.2) is 18.5 Å². The van der Waals surface area contributed by atoms with E-state index < -0.39 is 0 Å². The second-order valence-corrected chi connectivity index (χ2v) is 6.18. The summed E-state index contributed by atoms with van der Waals surface area (Å²) in [4.78, 5) is 4.31. The third kappa shape index (κ3) is 6.06. The molecule has 108 valence electrons. The van der Waals surface area contributed by atoms with Crippen molar-refractivity contribution in [2.75, 3.05) is 13.2 Å². The van der Waals surface area contributed by atoms with Crippen LogP contribution in [0.2, 0.25) is 0 Å². The molecule has 1 aromatic heterocycles. The summed E-state index contributed by atoms with van der Waals surface area (Å²) in [7, 11) is 0. The van der Waals surface area contributed by atoms with Crippen molar-refractivity contribution in [3.63, 3.8) is 0 Å². The number of hydrogen-bond donors (Lipinski definition) is 1. The number of hydrogen-bond acceptors (Lipinski definition) is 3. The Labute approximate surface area is 117 Å². The molecule has 0 aromatic carbocycles. The Hall–Kier alpha value is -1.09. The Bertz CT molecular complexity index is 371. The summed E-state index contributed by atoms with van der Waals surface area (Å²) in [5.74, 6) is 0.871. The van der Waals surface area contributed by atoms with Gasteiger partial charge in [-0.25, -0.2) is 0 Å². The number of nitrogens with one attached hydrogen (secondary N) is 1. The van der Waals surface area contributed by atoms with E-state index in [0.717, 1.165) is 31.7 Å². The van der Waals surface area contributed by atoms with E-state index in [0.29, 0.717) is 6.04 Å². The largest absolute Gasteiger partial charge is 0.492 e. The summed E-state index contributed by atoms with van der Waals surface area (Å²) in [5, 5.41) is 3.54. The van der Waals surface area contributed by atoms with Gasteiger partial charge in [0.1, 0.15) is 5.75 Å². The zero-order valence-corrected chi connectivity index (χ0v) is 13.0. The Morgan fingerprint density at radius 1 is 1.26 bits per heavy atom. The number of pyridine rings is 1. The van der Waals surface area contributed by atoms with E-state index in [1.807, 2.05) is 6.20 Å². The monoisotopic (exact) mass is 264 g/mol. The lowest BCUT2D eigenvalue weighted by atomic mass is 9.86. The Morgan fingerprint density at radius 3 is 2.58 bits per heavy atom. The molecule has 1 unspecified atom stereocenters. The third-order valence-electron chi connectivity index (χ3n) is 2.88. The van der Waals surface area contributed by atoms with Crippen LogP contribution in [0.5, 0.6) is 5.75 Å². The summed E-state index contributed by atoms with van der Waals surface area (Å²) in [5.41, 5.74) is 1.50. The molecule has 19 heavy (non-hydrogen) atoms. The molecule has 0 saturated carbocycles. The maximum atomic E-state index is 5.66. The van der Waals surface area contributed by atoms with Crippen LogP contribution in [0, 0.1) is 5.41 Å². The van der Waals surface area contributed by atoms with E-state index in [1.165, 1.54) is 5.56 Å². The van der Waals surface area contributed by atoms with Crippen molar-refractivity contribution in [3.05, 3.63) is 24.0 Å². The minimum absolute atomic E-state index is 0.285. The van der Waals surface area contributed by atoms with Gasteiger partial charge in [0.2, 0.25) is 0 Å². The van der Waals surface area contributed by atoms with Crippen LogP contribution in [0.25, 0.3) is 0 Å². The van der Waals surface area contributed by atoms with Gasteiger partial charge in [0.25, 0.3) is 0 Å². The lowest BCUT2D eigenvalue weighted by Crippen LogP contribution is -2.25. The summed E-state index contributed by atoms with van der Waals surface area (Å²) in [6.07, 6.45) is 5.83. The highest BCUT2D eigenvalue weighted by molar-refractivity contribution is 5.26. The van der Waals surface area contributed by atoms with Crippen molar-refractivity contribution in [1.82, 2.24) is 10.3 Å². The highest BCUT2D eigenvalue weighted by atomic mass is 16.5. The first-order valence-electron chi connectivity index (χ1n) is 7.27. The topological polar surface area (TPSA) is 34.1 Å². The van der Waals surface area contributed by atoms with Gasteiger partial charge in [-0.1, -0.05) is 34.6 Å². The molecule has 0 aliphatic heterocycles. The predicted molar refractivity (Wildman–Crippen MR) is 80.5 cm³/mol. The fourth-order valence-corrected chi connectivity index (χ4v) is 2.09. The molecule has 1 rings (SSSR count). The third-order valence-corrected chi connectivity index (χ3v) is 2.88. The average Bonchev–Trinajstić information content (AvgIpc) is 2.35. The summed E-state index contributed by atoms with van der Waals surface area (Å²) < 4.78 is 5.66.